The second-order valence-electron chi connectivity index (χ2n) is 5.27. The zero-order valence-corrected chi connectivity index (χ0v) is 11.5. The molecule has 0 spiro atoms. The molecule has 8 heteroatoms. The van der Waals surface area contributed by atoms with E-state index in [1.54, 1.807) is 11.9 Å². The van der Waals surface area contributed by atoms with Gasteiger partial charge in [-0.1, -0.05) is 0 Å². The third-order valence-electron chi connectivity index (χ3n) is 3.74. The molecule has 114 valence electrons. The van der Waals surface area contributed by atoms with Crippen molar-refractivity contribution in [3.63, 3.8) is 0 Å². The fourth-order valence-corrected chi connectivity index (χ4v) is 2.52. The van der Waals surface area contributed by atoms with Gasteiger partial charge in [0, 0.05) is 39.6 Å². The number of likely N-dealkylation sites (N-methyl/N-ethyl adjacent to an activating group) is 1. The van der Waals surface area contributed by atoms with E-state index in [4.69, 9.17) is 0 Å². The topological polar surface area (TPSA) is 64.7 Å². The summed E-state index contributed by atoms with van der Waals surface area (Å²) in [6.45, 7) is 1.99. The summed E-state index contributed by atoms with van der Waals surface area (Å²) in [5.41, 5.74) is 0. The number of amides is 2. The number of piperazine rings is 1. The fourth-order valence-electron chi connectivity index (χ4n) is 2.52. The van der Waals surface area contributed by atoms with E-state index in [2.05, 4.69) is 10.6 Å². The summed E-state index contributed by atoms with van der Waals surface area (Å²) in [6.07, 6.45) is -0.426. The summed E-state index contributed by atoms with van der Waals surface area (Å²) in [7, 11) is 1.58. The zero-order chi connectivity index (χ0) is 14.8. The molecule has 0 aromatic rings. The van der Waals surface area contributed by atoms with Crippen LogP contribution in [-0.4, -0.2) is 79.9 Å². The van der Waals surface area contributed by atoms with Crippen molar-refractivity contribution in [2.45, 2.75) is 18.4 Å². The molecule has 2 heterocycles. The van der Waals surface area contributed by atoms with E-state index < -0.39 is 24.9 Å². The van der Waals surface area contributed by atoms with Crippen LogP contribution in [-0.2, 0) is 9.59 Å². The SMILES string of the molecule is CNC(=O)CN1CCN(C(=O)C2CC(F)(F)CN2)CC1. The highest BCUT2D eigenvalue weighted by Gasteiger charge is 2.43. The minimum Gasteiger partial charge on any atom is -0.358 e. The molecule has 2 saturated heterocycles. The van der Waals surface area contributed by atoms with Gasteiger partial charge in [0.1, 0.15) is 0 Å². The maximum absolute atomic E-state index is 13.1. The number of rotatable bonds is 3. The van der Waals surface area contributed by atoms with Crippen molar-refractivity contribution in [1.29, 1.82) is 0 Å². The van der Waals surface area contributed by atoms with Crippen LogP contribution in [0.2, 0.25) is 0 Å². The first kappa shape index (κ1) is 15.1. The van der Waals surface area contributed by atoms with Crippen LogP contribution in [0, 0.1) is 0 Å². The standard InChI is InChI=1S/C12H20F2N4O2/c1-15-10(19)7-17-2-4-18(5-3-17)11(20)9-6-12(13,14)8-16-9/h9,16H,2-8H2,1H3,(H,15,19). The number of nitrogens with one attached hydrogen (secondary N) is 2. The smallest absolute Gasteiger partial charge is 0.262 e. The van der Waals surface area contributed by atoms with Crippen LogP contribution in [0.1, 0.15) is 6.42 Å². The number of halogens is 2. The molecule has 2 amide bonds. The highest BCUT2D eigenvalue weighted by molar-refractivity contribution is 5.82. The molecule has 0 aromatic carbocycles. The van der Waals surface area contributed by atoms with E-state index in [1.165, 1.54) is 0 Å². The van der Waals surface area contributed by atoms with Crippen LogP contribution in [0.15, 0.2) is 0 Å². The minimum absolute atomic E-state index is 0.0677. The minimum atomic E-state index is -2.79. The van der Waals surface area contributed by atoms with Crippen LogP contribution in [0.3, 0.4) is 0 Å². The monoisotopic (exact) mass is 290 g/mol. The molecule has 2 N–H and O–H groups in total. The van der Waals surface area contributed by atoms with Crippen molar-refractivity contribution in [2.75, 3.05) is 46.3 Å². The molecule has 2 rings (SSSR count). The van der Waals surface area contributed by atoms with Gasteiger partial charge in [0.25, 0.3) is 5.92 Å². The van der Waals surface area contributed by atoms with Gasteiger partial charge >= 0.3 is 0 Å². The van der Waals surface area contributed by atoms with Crippen molar-refractivity contribution in [3.8, 4) is 0 Å². The van der Waals surface area contributed by atoms with Crippen molar-refractivity contribution < 1.29 is 18.4 Å². The zero-order valence-electron chi connectivity index (χ0n) is 11.5. The molecule has 20 heavy (non-hydrogen) atoms. The Bertz CT molecular complexity index is 384. The number of nitrogens with zero attached hydrogens (tertiary/aromatic N) is 2. The summed E-state index contributed by atoms with van der Waals surface area (Å²) in [5, 5.41) is 5.12. The predicted molar refractivity (Wildman–Crippen MR) is 68.4 cm³/mol. The first-order valence-corrected chi connectivity index (χ1v) is 6.74. The van der Waals surface area contributed by atoms with Crippen LogP contribution in [0.5, 0.6) is 0 Å². The van der Waals surface area contributed by atoms with E-state index in [-0.39, 0.29) is 11.8 Å². The van der Waals surface area contributed by atoms with Crippen molar-refractivity contribution in [2.24, 2.45) is 0 Å². The van der Waals surface area contributed by atoms with Gasteiger partial charge in [-0.05, 0) is 0 Å². The van der Waals surface area contributed by atoms with Gasteiger partial charge in [0.2, 0.25) is 11.8 Å². The highest BCUT2D eigenvalue weighted by atomic mass is 19.3. The molecule has 0 aliphatic carbocycles. The third kappa shape index (κ3) is 3.63. The lowest BCUT2D eigenvalue weighted by atomic mass is 10.1. The average molecular weight is 290 g/mol. The lowest BCUT2D eigenvalue weighted by Crippen LogP contribution is -2.54. The van der Waals surface area contributed by atoms with Crippen molar-refractivity contribution >= 4 is 11.8 Å². The lowest BCUT2D eigenvalue weighted by Gasteiger charge is -2.35. The summed E-state index contributed by atoms with van der Waals surface area (Å²) in [4.78, 5) is 26.9. The molecule has 1 unspecified atom stereocenters. The first-order chi connectivity index (χ1) is 9.41. The number of hydrogen-bond acceptors (Lipinski definition) is 4. The van der Waals surface area contributed by atoms with Crippen molar-refractivity contribution in [3.05, 3.63) is 0 Å². The van der Waals surface area contributed by atoms with Crippen molar-refractivity contribution in [1.82, 2.24) is 20.4 Å². The Morgan fingerprint density at radius 3 is 2.45 bits per heavy atom. The van der Waals surface area contributed by atoms with E-state index in [0.29, 0.717) is 32.7 Å². The van der Waals surface area contributed by atoms with Crippen LogP contribution < -0.4 is 10.6 Å². The quantitative estimate of drug-likeness (QED) is 0.691. The fraction of sp³-hybridized carbons (Fsp3) is 0.833. The molecule has 6 nitrogen and oxygen atoms in total. The summed E-state index contributed by atoms with van der Waals surface area (Å²) >= 11 is 0. The number of carbonyl (C=O) groups is 2. The Morgan fingerprint density at radius 2 is 1.95 bits per heavy atom. The number of alkyl halides is 2. The average Bonchev–Trinajstić information content (AvgIpc) is 2.79. The number of carbonyl (C=O) groups excluding carboxylic acids is 2. The van der Waals surface area contributed by atoms with Gasteiger partial charge in [0.15, 0.2) is 0 Å². The van der Waals surface area contributed by atoms with Gasteiger partial charge in [-0.3, -0.25) is 19.8 Å². The molecule has 2 aliphatic rings. The number of hydrogen-bond donors (Lipinski definition) is 2. The largest absolute Gasteiger partial charge is 0.358 e. The second-order valence-corrected chi connectivity index (χ2v) is 5.27. The van der Waals surface area contributed by atoms with Gasteiger partial charge in [-0.2, -0.15) is 0 Å². The molecular weight excluding hydrogens is 270 g/mol. The summed E-state index contributed by atoms with van der Waals surface area (Å²) in [5.74, 6) is -3.12. The van der Waals surface area contributed by atoms with Crippen LogP contribution in [0.25, 0.3) is 0 Å². The van der Waals surface area contributed by atoms with Crippen LogP contribution >= 0.6 is 0 Å². The maximum Gasteiger partial charge on any atom is 0.262 e. The van der Waals surface area contributed by atoms with E-state index in [0.717, 1.165) is 0 Å². The molecule has 0 bridgehead atoms. The van der Waals surface area contributed by atoms with Gasteiger partial charge < -0.3 is 10.2 Å². The Morgan fingerprint density at radius 1 is 1.30 bits per heavy atom. The van der Waals surface area contributed by atoms with Crippen LogP contribution in [0.4, 0.5) is 8.78 Å². The molecule has 2 aliphatic heterocycles. The molecule has 0 aromatic heterocycles. The first-order valence-electron chi connectivity index (χ1n) is 6.74. The van der Waals surface area contributed by atoms with Gasteiger partial charge in [0.05, 0.1) is 19.1 Å². The molecular formula is C12H20F2N4O2. The Kier molecular flexibility index (Phi) is 4.54. The summed E-state index contributed by atoms with van der Waals surface area (Å²) < 4.78 is 26.2. The predicted octanol–water partition coefficient (Wildman–Crippen LogP) is -1.13. The lowest BCUT2D eigenvalue weighted by molar-refractivity contribution is -0.135. The van der Waals surface area contributed by atoms with E-state index in [1.807, 2.05) is 4.90 Å². The van der Waals surface area contributed by atoms with E-state index in [9.17, 15) is 18.4 Å². The molecule has 0 radical (unpaired) electrons. The Hall–Kier alpha value is -1.28. The molecule has 0 saturated carbocycles. The molecule has 2 fully saturated rings. The van der Waals surface area contributed by atoms with Gasteiger partial charge in [-0.25, -0.2) is 8.78 Å². The maximum atomic E-state index is 13.1. The Balaban J connectivity index is 1.79. The summed E-state index contributed by atoms with van der Waals surface area (Å²) in [6, 6.07) is -0.782. The normalized spacial score (nSPS) is 26.6. The van der Waals surface area contributed by atoms with E-state index >= 15 is 0 Å². The van der Waals surface area contributed by atoms with Gasteiger partial charge in [-0.15, -0.1) is 0 Å². The highest BCUT2D eigenvalue weighted by Crippen LogP contribution is 2.26. The Labute approximate surface area is 116 Å². The second kappa shape index (κ2) is 6.01. The molecule has 1 atom stereocenters. The third-order valence-corrected chi connectivity index (χ3v) is 3.74.